The second-order valence-corrected chi connectivity index (χ2v) is 4.57. The van der Waals surface area contributed by atoms with Gasteiger partial charge in [0.2, 0.25) is 0 Å². The van der Waals surface area contributed by atoms with Crippen LogP contribution in [0.1, 0.15) is 27.2 Å². The van der Waals surface area contributed by atoms with Crippen LogP contribution in [0, 0.1) is 5.92 Å². The topological polar surface area (TPSA) is 15.3 Å². The average Bonchev–Trinajstić information content (AvgIpc) is 1.96. The highest BCUT2D eigenvalue weighted by Crippen LogP contribution is 2.18. The van der Waals surface area contributed by atoms with Crippen LogP contribution in [0.25, 0.3) is 0 Å². The molecule has 0 amide bonds. The van der Waals surface area contributed by atoms with E-state index >= 15 is 0 Å². The third-order valence-electron chi connectivity index (χ3n) is 3.30. The highest BCUT2D eigenvalue weighted by Gasteiger charge is 2.26. The Kier molecular flexibility index (Phi) is 3.13. The molecular formula is C10H22N2. The normalized spacial score (nSPS) is 19.8. The summed E-state index contributed by atoms with van der Waals surface area (Å²) < 4.78 is 0. The van der Waals surface area contributed by atoms with Gasteiger partial charge in [-0.2, -0.15) is 0 Å². The molecule has 1 N–H and O–H groups in total. The zero-order valence-electron chi connectivity index (χ0n) is 8.85. The predicted molar refractivity (Wildman–Crippen MR) is 53.4 cm³/mol. The van der Waals surface area contributed by atoms with Crippen molar-refractivity contribution in [2.24, 2.45) is 5.92 Å². The van der Waals surface area contributed by atoms with E-state index in [1.165, 1.54) is 26.1 Å². The van der Waals surface area contributed by atoms with Gasteiger partial charge in [0, 0.05) is 25.2 Å². The van der Waals surface area contributed by atoms with Crippen molar-refractivity contribution in [1.29, 1.82) is 0 Å². The zero-order chi connectivity index (χ0) is 9.19. The summed E-state index contributed by atoms with van der Waals surface area (Å²) in [6.45, 7) is 10.6. The Morgan fingerprint density at radius 1 is 1.42 bits per heavy atom. The summed E-state index contributed by atoms with van der Waals surface area (Å²) in [4.78, 5) is 2.48. The van der Waals surface area contributed by atoms with Gasteiger partial charge >= 0.3 is 0 Å². The van der Waals surface area contributed by atoms with Crippen LogP contribution in [0.15, 0.2) is 0 Å². The van der Waals surface area contributed by atoms with Gasteiger partial charge in [0.1, 0.15) is 0 Å². The van der Waals surface area contributed by atoms with Gasteiger partial charge in [-0.25, -0.2) is 0 Å². The molecule has 0 unspecified atom stereocenters. The summed E-state index contributed by atoms with van der Waals surface area (Å²) in [5.74, 6) is 0.890. The molecule has 0 spiro atoms. The van der Waals surface area contributed by atoms with Crippen molar-refractivity contribution in [1.82, 2.24) is 10.2 Å². The first-order valence-electron chi connectivity index (χ1n) is 4.98. The van der Waals surface area contributed by atoms with E-state index in [1.807, 2.05) is 0 Å². The van der Waals surface area contributed by atoms with Gasteiger partial charge in [0.15, 0.2) is 0 Å². The van der Waals surface area contributed by atoms with Crippen LogP contribution in [-0.2, 0) is 0 Å². The lowest BCUT2D eigenvalue weighted by Crippen LogP contribution is -2.51. The number of hydrogen-bond acceptors (Lipinski definition) is 2. The van der Waals surface area contributed by atoms with Gasteiger partial charge in [-0.05, 0) is 33.2 Å². The van der Waals surface area contributed by atoms with Crippen LogP contribution >= 0.6 is 0 Å². The largest absolute Gasteiger partial charge is 0.316 e. The van der Waals surface area contributed by atoms with Gasteiger partial charge in [0.25, 0.3) is 0 Å². The fourth-order valence-electron chi connectivity index (χ4n) is 1.38. The average molecular weight is 170 g/mol. The van der Waals surface area contributed by atoms with Crippen molar-refractivity contribution < 1.29 is 0 Å². The number of nitrogens with one attached hydrogen (secondary N) is 1. The third-order valence-corrected chi connectivity index (χ3v) is 3.30. The second-order valence-electron chi connectivity index (χ2n) is 4.57. The lowest BCUT2D eigenvalue weighted by Gasteiger charge is -2.39. The number of rotatable bonds is 4. The van der Waals surface area contributed by atoms with E-state index in [0.717, 1.165) is 5.92 Å². The fraction of sp³-hybridized carbons (Fsp3) is 1.00. The van der Waals surface area contributed by atoms with Crippen molar-refractivity contribution in [3.05, 3.63) is 0 Å². The van der Waals surface area contributed by atoms with Gasteiger partial charge in [-0.15, -0.1) is 0 Å². The van der Waals surface area contributed by atoms with E-state index in [-0.39, 0.29) is 0 Å². The van der Waals surface area contributed by atoms with Crippen molar-refractivity contribution >= 4 is 0 Å². The Balaban J connectivity index is 2.30. The Morgan fingerprint density at radius 3 is 2.33 bits per heavy atom. The number of nitrogens with zero attached hydrogens (tertiary/aromatic N) is 1. The quantitative estimate of drug-likeness (QED) is 0.684. The molecule has 72 valence electrons. The minimum absolute atomic E-state index is 0.371. The minimum Gasteiger partial charge on any atom is -0.316 e. The molecule has 1 fully saturated rings. The molecule has 0 aromatic rings. The van der Waals surface area contributed by atoms with Crippen LogP contribution < -0.4 is 5.32 Å². The Labute approximate surface area is 76.3 Å². The first-order valence-corrected chi connectivity index (χ1v) is 4.98. The summed E-state index contributed by atoms with van der Waals surface area (Å²) in [5, 5.41) is 3.31. The molecule has 0 aromatic heterocycles. The SMILES string of the molecule is CCC(C)(C)N(C)CC1CNC1. The second kappa shape index (κ2) is 3.75. The van der Waals surface area contributed by atoms with Crippen molar-refractivity contribution in [2.75, 3.05) is 26.7 Å². The van der Waals surface area contributed by atoms with Gasteiger partial charge in [0.05, 0.1) is 0 Å². The first kappa shape index (κ1) is 10.0. The predicted octanol–water partition coefficient (Wildman–Crippen LogP) is 1.33. The lowest BCUT2D eigenvalue weighted by atomic mass is 9.96. The minimum atomic E-state index is 0.371. The Hall–Kier alpha value is -0.0800. The summed E-state index contributed by atoms with van der Waals surface area (Å²) >= 11 is 0. The van der Waals surface area contributed by atoms with Crippen LogP contribution in [0.5, 0.6) is 0 Å². The molecule has 2 heteroatoms. The molecule has 0 bridgehead atoms. The summed E-state index contributed by atoms with van der Waals surface area (Å²) in [5.41, 5.74) is 0.371. The molecule has 1 aliphatic heterocycles. The standard InChI is InChI=1S/C10H22N2/c1-5-10(2,3)12(4)8-9-6-11-7-9/h9,11H,5-8H2,1-4H3. The maximum atomic E-state index is 3.31. The maximum absolute atomic E-state index is 3.31. The number of hydrogen-bond donors (Lipinski definition) is 1. The third kappa shape index (κ3) is 2.20. The summed E-state index contributed by atoms with van der Waals surface area (Å²) in [6.07, 6.45) is 1.23. The van der Waals surface area contributed by atoms with Gasteiger partial charge in [-0.3, -0.25) is 0 Å². The van der Waals surface area contributed by atoms with E-state index in [0.29, 0.717) is 5.54 Å². The molecule has 0 atom stereocenters. The molecule has 1 heterocycles. The van der Waals surface area contributed by atoms with Gasteiger partial charge < -0.3 is 10.2 Å². The summed E-state index contributed by atoms with van der Waals surface area (Å²) in [6, 6.07) is 0. The van der Waals surface area contributed by atoms with Crippen LogP contribution in [0.3, 0.4) is 0 Å². The van der Waals surface area contributed by atoms with Crippen molar-refractivity contribution in [3.8, 4) is 0 Å². The van der Waals surface area contributed by atoms with E-state index < -0.39 is 0 Å². The monoisotopic (exact) mass is 170 g/mol. The Morgan fingerprint density at radius 2 is 2.00 bits per heavy atom. The van der Waals surface area contributed by atoms with Crippen molar-refractivity contribution in [2.45, 2.75) is 32.7 Å². The molecule has 0 aromatic carbocycles. The van der Waals surface area contributed by atoms with E-state index in [9.17, 15) is 0 Å². The van der Waals surface area contributed by atoms with Crippen LogP contribution in [0.2, 0.25) is 0 Å². The molecular weight excluding hydrogens is 148 g/mol. The molecule has 0 saturated carbocycles. The van der Waals surface area contributed by atoms with E-state index in [2.05, 4.69) is 38.0 Å². The Bertz CT molecular complexity index is 139. The fourth-order valence-corrected chi connectivity index (χ4v) is 1.38. The van der Waals surface area contributed by atoms with E-state index in [4.69, 9.17) is 0 Å². The first-order chi connectivity index (χ1) is 5.56. The van der Waals surface area contributed by atoms with Crippen LogP contribution in [0.4, 0.5) is 0 Å². The zero-order valence-corrected chi connectivity index (χ0v) is 8.85. The molecule has 0 radical (unpaired) electrons. The van der Waals surface area contributed by atoms with Crippen molar-refractivity contribution in [3.63, 3.8) is 0 Å². The molecule has 1 rings (SSSR count). The molecule has 0 aliphatic carbocycles. The summed E-state index contributed by atoms with van der Waals surface area (Å²) in [7, 11) is 2.24. The highest BCUT2D eigenvalue weighted by molar-refractivity contribution is 4.83. The maximum Gasteiger partial charge on any atom is 0.0147 e. The molecule has 1 aliphatic rings. The smallest absolute Gasteiger partial charge is 0.0147 e. The molecule has 12 heavy (non-hydrogen) atoms. The van der Waals surface area contributed by atoms with Gasteiger partial charge in [-0.1, -0.05) is 6.92 Å². The molecule has 2 nitrogen and oxygen atoms in total. The lowest BCUT2D eigenvalue weighted by molar-refractivity contribution is 0.111. The highest BCUT2D eigenvalue weighted by atomic mass is 15.2. The van der Waals surface area contributed by atoms with Crippen LogP contribution in [-0.4, -0.2) is 37.1 Å². The van der Waals surface area contributed by atoms with E-state index in [1.54, 1.807) is 0 Å². The molecule has 1 saturated heterocycles.